The van der Waals surface area contributed by atoms with E-state index >= 15 is 4.39 Å². The summed E-state index contributed by atoms with van der Waals surface area (Å²) in [6.45, 7) is 3.96. The van der Waals surface area contributed by atoms with E-state index in [-0.39, 0.29) is 24.4 Å². The number of piperazine rings is 1. The molecule has 2 unspecified atom stereocenters. The number of rotatable bonds is 3. The van der Waals surface area contributed by atoms with Crippen LogP contribution in [-0.2, 0) is 6.42 Å². The fourth-order valence-electron chi connectivity index (χ4n) is 5.21. The largest absolute Gasteiger partial charge is 0.491 e. The standard InChI is InChI=1S/C24H26FN5O2S/c1-12-2-5-17-21(26)22(33-24(17)27-12)23(31)29-15-6-18-19(25)7-16(8-20(18)32-11-15)30-9-13-3-4-14(10-30)28-13/h2,5,7-8,13-15,28H,3-4,6,9-11,26H2,1H3,(H,29,31)/t13?,14?,15-/m0/s1. The molecule has 1 aromatic carbocycles. The van der Waals surface area contributed by atoms with Crippen LogP contribution < -0.4 is 26.0 Å². The second-order valence-electron chi connectivity index (χ2n) is 9.28. The zero-order valence-electron chi connectivity index (χ0n) is 18.4. The Kier molecular flexibility index (Phi) is 4.92. The van der Waals surface area contributed by atoms with Crippen molar-refractivity contribution in [3.8, 4) is 5.75 Å². The number of carbonyl (C=O) groups is 1. The number of hydrogen-bond donors (Lipinski definition) is 3. The van der Waals surface area contributed by atoms with Crippen molar-refractivity contribution in [2.45, 2.75) is 44.3 Å². The first-order valence-electron chi connectivity index (χ1n) is 11.4. The van der Waals surface area contributed by atoms with Gasteiger partial charge in [-0.25, -0.2) is 9.37 Å². The van der Waals surface area contributed by atoms with E-state index in [0.29, 0.717) is 40.4 Å². The number of benzene rings is 1. The van der Waals surface area contributed by atoms with Crippen molar-refractivity contribution in [2.75, 3.05) is 30.3 Å². The Morgan fingerprint density at radius 3 is 2.88 bits per heavy atom. The van der Waals surface area contributed by atoms with Crippen molar-refractivity contribution in [1.82, 2.24) is 15.6 Å². The van der Waals surface area contributed by atoms with Gasteiger partial charge in [-0.1, -0.05) is 0 Å². The number of amides is 1. The van der Waals surface area contributed by atoms with E-state index in [4.69, 9.17) is 10.5 Å². The number of fused-ring (bicyclic) bond motifs is 4. The van der Waals surface area contributed by atoms with Crippen molar-refractivity contribution >= 4 is 38.8 Å². The summed E-state index contributed by atoms with van der Waals surface area (Å²) in [5.74, 6) is 0.00864. The molecule has 7 nitrogen and oxygen atoms in total. The van der Waals surface area contributed by atoms with E-state index in [1.165, 1.54) is 24.2 Å². The Labute approximate surface area is 195 Å². The molecule has 33 heavy (non-hydrogen) atoms. The maximum atomic E-state index is 15.1. The summed E-state index contributed by atoms with van der Waals surface area (Å²) < 4.78 is 21.0. The van der Waals surface area contributed by atoms with Crippen LogP contribution >= 0.6 is 11.3 Å². The molecule has 0 radical (unpaired) electrons. The molecule has 2 aromatic heterocycles. The first kappa shape index (κ1) is 20.7. The molecule has 0 spiro atoms. The molecule has 172 valence electrons. The highest BCUT2D eigenvalue weighted by atomic mass is 32.1. The van der Waals surface area contributed by atoms with E-state index in [9.17, 15) is 4.79 Å². The number of anilines is 2. The number of hydrogen-bond acceptors (Lipinski definition) is 7. The lowest BCUT2D eigenvalue weighted by atomic mass is 10.0. The van der Waals surface area contributed by atoms with Gasteiger partial charge in [-0.15, -0.1) is 11.3 Å². The minimum atomic E-state index is -0.334. The summed E-state index contributed by atoms with van der Waals surface area (Å²) in [6.07, 6.45) is 2.72. The number of nitrogen functional groups attached to an aromatic ring is 1. The predicted octanol–water partition coefficient (Wildman–Crippen LogP) is 3.00. The average Bonchev–Trinajstić information content (AvgIpc) is 3.31. The fraction of sp³-hybridized carbons (Fsp3) is 0.417. The molecular formula is C24H26FN5O2S. The van der Waals surface area contributed by atoms with Gasteiger partial charge in [-0.2, -0.15) is 0 Å². The van der Waals surface area contributed by atoms with Crippen molar-refractivity contribution in [1.29, 1.82) is 0 Å². The van der Waals surface area contributed by atoms with Gasteiger partial charge in [0.1, 0.15) is 27.9 Å². The first-order chi connectivity index (χ1) is 15.9. The lowest BCUT2D eigenvalue weighted by Gasteiger charge is -2.35. The molecule has 9 heteroatoms. The molecule has 3 aliphatic heterocycles. The monoisotopic (exact) mass is 467 g/mol. The molecule has 6 rings (SSSR count). The van der Waals surface area contributed by atoms with Crippen molar-refractivity contribution in [2.24, 2.45) is 0 Å². The van der Waals surface area contributed by atoms with Crippen molar-refractivity contribution < 1.29 is 13.9 Å². The number of nitrogens with zero attached hydrogens (tertiary/aromatic N) is 2. The maximum absolute atomic E-state index is 15.1. The number of aryl methyl sites for hydroxylation is 1. The molecule has 4 N–H and O–H groups in total. The van der Waals surface area contributed by atoms with E-state index in [1.54, 1.807) is 6.07 Å². The van der Waals surface area contributed by atoms with Gasteiger partial charge < -0.3 is 26.0 Å². The van der Waals surface area contributed by atoms with Gasteiger partial charge in [0, 0.05) is 60.0 Å². The third kappa shape index (κ3) is 3.69. The summed E-state index contributed by atoms with van der Waals surface area (Å²) in [6, 6.07) is 7.93. The zero-order valence-corrected chi connectivity index (χ0v) is 19.2. The lowest BCUT2D eigenvalue weighted by molar-refractivity contribution is 0.0919. The van der Waals surface area contributed by atoms with Gasteiger partial charge in [0.05, 0.1) is 11.7 Å². The Bertz CT molecular complexity index is 1250. The molecule has 1 amide bonds. The van der Waals surface area contributed by atoms with Crippen molar-refractivity contribution in [3.05, 3.63) is 46.2 Å². The Balaban J connectivity index is 1.19. The molecule has 2 saturated heterocycles. The third-order valence-electron chi connectivity index (χ3n) is 6.89. The molecule has 2 fully saturated rings. The van der Waals surface area contributed by atoms with Crippen LogP contribution in [0.15, 0.2) is 24.3 Å². The number of pyridine rings is 1. The first-order valence-corrected chi connectivity index (χ1v) is 12.2. The molecule has 3 aliphatic rings. The molecule has 3 aromatic rings. The van der Waals surface area contributed by atoms with Gasteiger partial charge in [-0.3, -0.25) is 4.79 Å². The van der Waals surface area contributed by atoms with E-state index in [2.05, 4.69) is 20.5 Å². The number of nitrogens with one attached hydrogen (secondary N) is 2. The van der Waals surface area contributed by atoms with Gasteiger partial charge >= 0.3 is 0 Å². The van der Waals surface area contributed by atoms with Crippen LogP contribution in [0.25, 0.3) is 10.2 Å². The number of thiophene rings is 1. The summed E-state index contributed by atoms with van der Waals surface area (Å²) in [5.41, 5.74) is 8.89. The Hall–Kier alpha value is -2.91. The van der Waals surface area contributed by atoms with Crippen LogP contribution in [0.4, 0.5) is 15.8 Å². The number of nitrogens with two attached hydrogens (primary N) is 1. The van der Waals surface area contributed by atoms with Gasteiger partial charge in [-0.05, 0) is 38.0 Å². The molecule has 3 atom stereocenters. The average molecular weight is 468 g/mol. The van der Waals surface area contributed by atoms with Crippen LogP contribution in [0.1, 0.15) is 33.8 Å². The number of carbonyl (C=O) groups excluding carboxylic acids is 1. The van der Waals surface area contributed by atoms with Crippen LogP contribution in [0.2, 0.25) is 0 Å². The summed E-state index contributed by atoms with van der Waals surface area (Å²) in [5, 5.41) is 7.35. The van der Waals surface area contributed by atoms with E-state index in [0.717, 1.165) is 34.7 Å². The smallest absolute Gasteiger partial charge is 0.263 e. The second kappa shape index (κ2) is 7.85. The van der Waals surface area contributed by atoms with Gasteiger partial charge in [0.2, 0.25) is 0 Å². The number of aromatic nitrogens is 1. The maximum Gasteiger partial charge on any atom is 0.263 e. The number of ether oxygens (including phenoxy) is 1. The number of halogens is 1. The fourth-order valence-corrected chi connectivity index (χ4v) is 6.26. The van der Waals surface area contributed by atoms with Crippen LogP contribution in [0.3, 0.4) is 0 Å². The Morgan fingerprint density at radius 2 is 2.09 bits per heavy atom. The second-order valence-corrected chi connectivity index (χ2v) is 10.3. The topological polar surface area (TPSA) is 92.5 Å². The SMILES string of the molecule is Cc1ccc2c(N)c(C(=O)N[C@@H]3COc4cc(N5CC6CCC(C5)N6)cc(F)c4C3)sc2n1. The minimum absolute atomic E-state index is 0.279. The molecule has 0 saturated carbocycles. The van der Waals surface area contributed by atoms with E-state index in [1.807, 2.05) is 25.1 Å². The molecule has 5 heterocycles. The van der Waals surface area contributed by atoms with E-state index < -0.39 is 0 Å². The van der Waals surface area contributed by atoms with Gasteiger partial charge in [0.25, 0.3) is 5.91 Å². The lowest BCUT2D eigenvalue weighted by Crippen LogP contribution is -2.51. The minimum Gasteiger partial charge on any atom is -0.491 e. The highest BCUT2D eigenvalue weighted by molar-refractivity contribution is 7.21. The highest BCUT2D eigenvalue weighted by Crippen LogP contribution is 2.35. The Morgan fingerprint density at radius 1 is 1.30 bits per heavy atom. The van der Waals surface area contributed by atoms with Gasteiger partial charge in [0.15, 0.2) is 0 Å². The summed E-state index contributed by atoms with van der Waals surface area (Å²) in [4.78, 5) is 20.8. The zero-order chi connectivity index (χ0) is 22.7. The van der Waals surface area contributed by atoms with Crippen LogP contribution in [0.5, 0.6) is 5.75 Å². The summed E-state index contributed by atoms with van der Waals surface area (Å²) >= 11 is 1.27. The van der Waals surface area contributed by atoms with Crippen LogP contribution in [-0.4, -0.2) is 48.7 Å². The molecular weight excluding hydrogens is 441 g/mol. The normalized spacial score (nSPS) is 23.9. The quantitative estimate of drug-likeness (QED) is 0.549. The molecule has 0 aliphatic carbocycles. The third-order valence-corrected chi connectivity index (χ3v) is 8.00. The van der Waals surface area contributed by atoms with Crippen molar-refractivity contribution in [3.63, 3.8) is 0 Å². The molecule has 2 bridgehead atoms. The summed E-state index contributed by atoms with van der Waals surface area (Å²) in [7, 11) is 0. The van der Waals surface area contributed by atoms with Crippen LogP contribution in [0, 0.1) is 12.7 Å². The predicted molar refractivity (Wildman–Crippen MR) is 128 cm³/mol. The highest BCUT2D eigenvalue weighted by Gasteiger charge is 2.33.